The first kappa shape index (κ1) is 13.2. The van der Waals surface area contributed by atoms with E-state index < -0.39 is 0 Å². The molecule has 1 aromatic carbocycles. The van der Waals surface area contributed by atoms with Gasteiger partial charge in [0.25, 0.3) is 0 Å². The molecule has 0 saturated heterocycles. The summed E-state index contributed by atoms with van der Waals surface area (Å²) in [6.07, 6.45) is 3.66. The lowest BCUT2D eigenvalue weighted by Crippen LogP contribution is -2.13. The summed E-state index contributed by atoms with van der Waals surface area (Å²) in [7, 11) is 1.86. The maximum absolute atomic E-state index is 12.2. The first-order valence-corrected chi connectivity index (χ1v) is 6.77. The number of carbonyl (C=O) groups excluding carboxylic acids is 1. The molecule has 0 fully saturated rings. The molecule has 2 rings (SSSR count). The molecule has 0 aliphatic carbocycles. The molecule has 94 valence electrons. The molecule has 0 radical (unpaired) electrons. The molecular weight excluding hydrogens is 268 g/mol. The number of benzene rings is 1. The van der Waals surface area contributed by atoms with Crippen molar-refractivity contribution < 1.29 is 4.79 Å². The van der Waals surface area contributed by atoms with Gasteiger partial charge in [0.1, 0.15) is 0 Å². The van der Waals surface area contributed by atoms with Gasteiger partial charge in [-0.2, -0.15) is 5.10 Å². The van der Waals surface area contributed by atoms with Crippen molar-refractivity contribution in [1.29, 1.82) is 0 Å². The van der Waals surface area contributed by atoms with Crippen LogP contribution in [0.4, 0.5) is 0 Å². The highest BCUT2D eigenvalue weighted by Gasteiger charge is 2.16. The van der Waals surface area contributed by atoms with Crippen molar-refractivity contribution in [3.63, 3.8) is 0 Å². The SMILES string of the molecule is CC(Sc1cnn(C)c1)C(=O)c1ccc(Cl)cc1. The van der Waals surface area contributed by atoms with E-state index in [-0.39, 0.29) is 11.0 Å². The minimum absolute atomic E-state index is 0.0977. The standard InChI is InChI=1S/C13H13ClN2OS/c1-9(18-12-7-15-16(2)8-12)13(17)10-3-5-11(14)6-4-10/h3-9H,1-2H3. The van der Waals surface area contributed by atoms with E-state index in [0.717, 1.165) is 4.90 Å². The van der Waals surface area contributed by atoms with Gasteiger partial charge in [-0.1, -0.05) is 11.6 Å². The molecule has 0 bridgehead atoms. The predicted molar refractivity (Wildman–Crippen MR) is 74.3 cm³/mol. The summed E-state index contributed by atoms with van der Waals surface area (Å²) in [6, 6.07) is 6.97. The van der Waals surface area contributed by atoms with Gasteiger partial charge in [-0.25, -0.2) is 0 Å². The van der Waals surface area contributed by atoms with Crippen molar-refractivity contribution >= 4 is 29.1 Å². The third-order valence-electron chi connectivity index (χ3n) is 2.49. The van der Waals surface area contributed by atoms with Crippen LogP contribution in [0.25, 0.3) is 0 Å². The maximum atomic E-state index is 12.2. The number of Topliss-reactive ketones (excluding diaryl/α,β-unsaturated/α-hetero) is 1. The summed E-state index contributed by atoms with van der Waals surface area (Å²) >= 11 is 7.31. The van der Waals surface area contributed by atoms with Crippen LogP contribution >= 0.6 is 23.4 Å². The second kappa shape index (κ2) is 5.59. The number of ketones is 1. The Morgan fingerprint density at radius 3 is 2.61 bits per heavy atom. The van der Waals surface area contributed by atoms with Gasteiger partial charge < -0.3 is 0 Å². The number of aromatic nitrogens is 2. The number of hydrogen-bond donors (Lipinski definition) is 0. The van der Waals surface area contributed by atoms with Crippen LogP contribution in [-0.4, -0.2) is 20.8 Å². The second-order valence-corrected chi connectivity index (χ2v) is 5.83. The zero-order chi connectivity index (χ0) is 13.1. The molecular formula is C13H13ClN2OS. The summed E-state index contributed by atoms with van der Waals surface area (Å²) < 4.78 is 1.72. The van der Waals surface area contributed by atoms with Crippen LogP contribution in [0.5, 0.6) is 0 Å². The maximum Gasteiger partial charge on any atom is 0.175 e. The van der Waals surface area contributed by atoms with Gasteiger partial charge in [-0.15, -0.1) is 11.8 Å². The number of nitrogens with zero attached hydrogens (tertiary/aromatic N) is 2. The molecule has 5 heteroatoms. The molecule has 1 atom stereocenters. The molecule has 1 aromatic heterocycles. The number of rotatable bonds is 4. The molecule has 1 heterocycles. The summed E-state index contributed by atoms with van der Waals surface area (Å²) in [5.74, 6) is 0.0977. The van der Waals surface area contributed by atoms with Gasteiger partial charge in [0.2, 0.25) is 0 Å². The Kier molecular flexibility index (Phi) is 4.09. The van der Waals surface area contributed by atoms with Crippen molar-refractivity contribution in [1.82, 2.24) is 9.78 Å². The van der Waals surface area contributed by atoms with Crippen LogP contribution in [0, 0.1) is 0 Å². The Morgan fingerprint density at radius 1 is 1.39 bits per heavy atom. The van der Waals surface area contributed by atoms with E-state index >= 15 is 0 Å². The molecule has 2 aromatic rings. The molecule has 0 spiro atoms. The van der Waals surface area contributed by atoms with E-state index in [1.165, 1.54) is 11.8 Å². The van der Waals surface area contributed by atoms with Gasteiger partial charge in [0, 0.05) is 28.7 Å². The summed E-state index contributed by atoms with van der Waals surface area (Å²) in [4.78, 5) is 13.2. The Balaban J connectivity index is 2.07. The zero-order valence-electron chi connectivity index (χ0n) is 10.1. The summed E-state index contributed by atoms with van der Waals surface area (Å²) in [5, 5.41) is 4.58. The molecule has 18 heavy (non-hydrogen) atoms. The lowest BCUT2D eigenvalue weighted by atomic mass is 10.1. The number of aryl methyl sites for hydroxylation is 1. The number of carbonyl (C=O) groups is 1. The fourth-order valence-electron chi connectivity index (χ4n) is 1.57. The van der Waals surface area contributed by atoms with E-state index in [1.807, 2.05) is 20.2 Å². The van der Waals surface area contributed by atoms with Crippen LogP contribution in [0.2, 0.25) is 5.02 Å². The van der Waals surface area contributed by atoms with Crippen LogP contribution in [0.1, 0.15) is 17.3 Å². The highest BCUT2D eigenvalue weighted by molar-refractivity contribution is 8.00. The first-order valence-electron chi connectivity index (χ1n) is 5.51. The highest BCUT2D eigenvalue weighted by atomic mass is 35.5. The fraction of sp³-hybridized carbons (Fsp3) is 0.231. The van der Waals surface area contributed by atoms with Crippen LogP contribution < -0.4 is 0 Å². The van der Waals surface area contributed by atoms with E-state index in [9.17, 15) is 4.79 Å². The monoisotopic (exact) mass is 280 g/mol. The van der Waals surface area contributed by atoms with Crippen molar-refractivity contribution in [3.8, 4) is 0 Å². The molecule has 1 unspecified atom stereocenters. The molecule has 0 aliphatic rings. The third kappa shape index (κ3) is 3.15. The average molecular weight is 281 g/mol. The van der Waals surface area contributed by atoms with Gasteiger partial charge in [-0.05, 0) is 31.2 Å². The smallest absolute Gasteiger partial charge is 0.175 e. The van der Waals surface area contributed by atoms with Crippen LogP contribution in [0.15, 0.2) is 41.6 Å². The lowest BCUT2D eigenvalue weighted by molar-refractivity contribution is 0.0994. The first-order chi connectivity index (χ1) is 8.56. The van der Waals surface area contributed by atoms with Crippen molar-refractivity contribution in [2.45, 2.75) is 17.1 Å². The van der Waals surface area contributed by atoms with E-state index in [4.69, 9.17) is 11.6 Å². The zero-order valence-corrected chi connectivity index (χ0v) is 11.7. The average Bonchev–Trinajstić information content (AvgIpc) is 2.75. The van der Waals surface area contributed by atoms with Crippen molar-refractivity contribution in [3.05, 3.63) is 47.2 Å². The quantitative estimate of drug-likeness (QED) is 0.636. The van der Waals surface area contributed by atoms with Gasteiger partial charge in [0.05, 0.1) is 11.4 Å². The van der Waals surface area contributed by atoms with Crippen molar-refractivity contribution in [2.75, 3.05) is 0 Å². The van der Waals surface area contributed by atoms with E-state index in [0.29, 0.717) is 10.6 Å². The Morgan fingerprint density at radius 2 is 2.06 bits per heavy atom. The fourth-order valence-corrected chi connectivity index (χ4v) is 2.66. The van der Waals surface area contributed by atoms with Crippen molar-refractivity contribution in [2.24, 2.45) is 7.05 Å². The minimum Gasteiger partial charge on any atom is -0.293 e. The molecule has 0 aliphatic heterocycles. The summed E-state index contributed by atoms with van der Waals surface area (Å²) in [5.41, 5.74) is 0.684. The van der Waals surface area contributed by atoms with Gasteiger partial charge in [-0.3, -0.25) is 9.48 Å². The Hall–Kier alpha value is -1.26. The van der Waals surface area contributed by atoms with E-state index in [2.05, 4.69) is 5.10 Å². The molecule has 0 amide bonds. The molecule has 0 N–H and O–H groups in total. The lowest BCUT2D eigenvalue weighted by Gasteiger charge is -2.08. The van der Waals surface area contributed by atoms with Gasteiger partial charge in [0.15, 0.2) is 5.78 Å². The summed E-state index contributed by atoms with van der Waals surface area (Å²) in [6.45, 7) is 1.90. The van der Waals surface area contributed by atoms with Crippen LogP contribution in [-0.2, 0) is 7.05 Å². The second-order valence-electron chi connectivity index (χ2n) is 3.98. The minimum atomic E-state index is -0.143. The van der Waals surface area contributed by atoms with Gasteiger partial charge >= 0.3 is 0 Å². The normalized spacial score (nSPS) is 12.4. The Bertz CT molecular complexity index is 550. The molecule has 0 saturated carbocycles. The topological polar surface area (TPSA) is 34.9 Å². The number of hydrogen-bond acceptors (Lipinski definition) is 3. The largest absolute Gasteiger partial charge is 0.293 e. The van der Waals surface area contributed by atoms with E-state index in [1.54, 1.807) is 35.1 Å². The molecule has 3 nitrogen and oxygen atoms in total. The number of halogens is 1. The van der Waals surface area contributed by atoms with Crippen LogP contribution in [0.3, 0.4) is 0 Å². The highest BCUT2D eigenvalue weighted by Crippen LogP contribution is 2.25. The number of thioether (sulfide) groups is 1. The third-order valence-corrected chi connectivity index (χ3v) is 3.79. The Labute approximate surface area is 115 Å². The predicted octanol–water partition coefficient (Wildman–Crippen LogP) is 3.44.